The third-order valence-electron chi connectivity index (χ3n) is 4.59. The molecular weight excluding hydrogens is 440 g/mol. The maximum atomic E-state index is 12.9. The van der Waals surface area contributed by atoms with Gasteiger partial charge < -0.3 is 38.3 Å². The number of hydrogen-bond acceptors (Lipinski definition) is 8. The van der Waals surface area contributed by atoms with Gasteiger partial charge in [0.25, 0.3) is 0 Å². The number of unbranched alkanes of at least 4 members (excludes halogenated alkanes) is 1. The summed E-state index contributed by atoms with van der Waals surface area (Å²) in [5.41, 5.74) is 16.5. The Morgan fingerprint density at radius 3 is 2.00 bits per heavy atom. The van der Waals surface area contributed by atoms with Gasteiger partial charge in [-0.05, 0) is 57.6 Å². The molecule has 13 heteroatoms. The molecule has 0 saturated heterocycles. The van der Waals surface area contributed by atoms with Gasteiger partial charge in [-0.15, -0.1) is 0 Å². The topological polar surface area (TPSA) is 220 Å². The van der Waals surface area contributed by atoms with Gasteiger partial charge in [0, 0.05) is 6.42 Å². The first-order chi connectivity index (χ1) is 15.0. The average Bonchev–Trinajstić information content (AvgIpc) is 2.73. The number of primary amides is 1. The lowest BCUT2D eigenvalue weighted by atomic mass is 10.1. The van der Waals surface area contributed by atoms with Crippen LogP contribution in [0.3, 0.4) is 0 Å². The number of thioether (sulfide) groups is 1. The molecule has 0 rings (SSSR count). The first-order valence-electron chi connectivity index (χ1n) is 10.4. The quantitative estimate of drug-likeness (QED) is 0.115. The fraction of sp³-hybridized carbons (Fsp3) is 0.737. The lowest BCUT2D eigenvalue weighted by molar-refractivity contribution is -0.142. The van der Waals surface area contributed by atoms with E-state index < -0.39 is 53.8 Å². The van der Waals surface area contributed by atoms with Crippen molar-refractivity contribution in [3.8, 4) is 0 Å². The molecule has 184 valence electrons. The highest BCUT2D eigenvalue weighted by atomic mass is 32.2. The van der Waals surface area contributed by atoms with Gasteiger partial charge in [-0.2, -0.15) is 11.8 Å². The van der Waals surface area contributed by atoms with Crippen molar-refractivity contribution in [2.75, 3.05) is 18.6 Å². The second-order valence-electron chi connectivity index (χ2n) is 7.37. The molecule has 0 aromatic carbocycles. The van der Waals surface area contributed by atoms with Crippen molar-refractivity contribution in [1.82, 2.24) is 16.0 Å². The normalized spacial score (nSPS) is 14.5. The van der Waals surface area contributed by atoms with Crippen LogP contribution >= 0.6 is 11.8 Å². The molecule has 4 amide bonds. The zero-order chi connectivity index (χ0) is 24.7. The molecular formula is C19H36N6O6S. The molecule has 0 fully saturated rings. The number of hydrogen-bond donors (Lipinski definition) is 7. The van der Waals surface area contributed by atoms with Crippen LogP contribution in [0.2, 0.25) is 0 Å². The number of aliphatic carboxylic acids is 1. The molecule has 0 bridgehead atoms. The maximum Gasteiger partial charge on any atom is 0.325 e. The van der Waals surface area contributed by atoms with Crippen LogP contribution in [0.4, 0.5) is 0 Å². The Balaban J connectivity index is 5.35. The Morgan fingerprint density at radius 2 is 1.47 bits per heavy atom. The summed E-state index contributed by atoms with van der Waals surface area (Å²) in [7, 11) is 0. The number of nitrogens with two attached hydrogens (primary N) is 3. The van der Waals surface area contributed by atoms with Crippen molar-refractivity contribution in [1.29, 1.82) is 0 Å². The Kier molecular flexibility index (Phi) is 15.1. The van der Waals surface area contributed by atoms with Crippen LogP contribution in [0, 0.1) is 0 Å². The number of rotatable bonds is 17. The van der Waals surface area contributed by atoms with Crippen molar-refractivity contribution in [2.45, 2.75) is 69.6 Å². The van der Waals surface area contributed by atoms with E-state index in [9.17, 15) is 24.0 Å². The molecule has 32 heavy (non-hydrogen) atoms. The minimum atomic E-state index is -1.26. The zero-order valence-corrected chi connectivity index (χ0v) is 19.4. The van der Waals surface area contributed by atoms with E-state index in [1.165, 1.54) is 18.7 Å². The van der Waals surface area contributed by atoms with E-state index in [-0.39, 0.29) is 19.3 Å². The molecule has 0 heterocycles. The molecule has 0 saturated carbocycles. The molecule has 4 atom stereocenters. The van der Waals surface area contributed by atoms with Crippen molar-refractivity contribution in [3.05, 3.63) is 0 Å². The fourth-order valence-electron chi connectivity index (χ4n) is 2.62. The first kappa shape index (κ1) is 29.6. The van der Waals surface area contributed by atoms with E-state index in [0.717, 1.165) is 0 Å². The summed E-state index contributed by atoms with van der Waals surface area (Å²) < 4.78 is 0. The Labute approximate surface area is 192 Å². The Morgan fingerprint density at radius 1 is 0.906 bits per heavy atom. The SMILES string of the molecule is CSCCC(N)C(=O)NC(CCCCN)C(=O)NC(CCC(N)=O)C(=O)NC(C)C(=O)O. The monoisotopic (exact) mass is 476 g/mol. The highest BCUT2D eigenvalue weighted by Crippen LogP contribution is 2.06. The van der Waals surface area contributed by atoms with Crippen molar-refractivity contribution < 1.29 is 29.1 Å². The number of carboxylic acid groups (broad SMARTS) is 1. The van der Waals surface area contributed by atoms with Gasteiger partial charge in [-0.25, -0.2) is 0 Å². The number of carbonyl (C=O) groups excluding carboxylic acids is 4. The van der Waals surface area contributed by atoms with E-state index >= 15 is 0 Å². The molecule has 12 nitrogen and oxygen atoms in total. The highest BCUT2D eigenvalue weighted by molar-refractivity contribution is 7.98. The molecule has 4 unspecified atom stereocenters. The van der Waals surface area contributed by atoms with Crippen LogP contribution in [0.15, 0.2) is 0 Å². The third kappa shape index (κ3) is 12.5. The maximum absolute atomic E-state index is 12.9. The first-order valence-corrected chi connectivity index (χ1v) is 11.8. The van der Waals surface area contributed by atoms with Gasteiger partial charge in [-0.1, -0.05) is 0 Å². The van der Waals surface area contributed by atoms with E-state index in [0.29, 0.717) is 31.6 Å². The van der Waals surface area contributed by atoms with Gasteiger partial charge in [0.05, 0.1) is 6.04 Å². The third-order valence-corrected chi connectivity index (χ3v) is 5.24. The van der Waals surface area contributed by atoms with Crippen molar-refractivity contribution in [2.24, 2.45) is 17.2 Å². The molecule has 0 aromatic heterocycles. The lowest BCUT2D eigenvalue weighted by Gasteiger charge is -2.24. The van der Waals surface area contributed by atoms with Gasteiger partial charge in [-0.3, -0.25) is 24.0 Å². The summed E-state index contributed by atoms with van der Waals surface area (Å²) in [6.45, 7) is 1.67. The summed E-state index contributed by atoms with van der Waals surface area (Å²) in [6, 6.07) is -4.19. The smallest absolute Gasteiger partial charge is 0.325 e. The summed E-state index contributed by atoms with van der Waals surface area (Å²) in [5.74, 6) is -3.20. The van der Waals surface area contributed by atoms with E-state index in [4.69, 9.17) is 22.3 Å². The summed E-state index contributed by atoms with van der Waals surface area (Å²) >= 11 is 1.54. The molecule has 0 aromatic rings. The molecule has 0 spiro atoms. The minimum absolute atomic E-state index is 0.129. The molecule has 0 aliphatic heterocycles. The van der Waals surface area contributed by atoms with Gasteiger partial charge in [0.15, 0.2) is 0 Å². The molecule has 0 aliphatic rings. The van der Waals surface area contributed by atoms with Crippen LogP contribution < -0.4 is 33.2 Å². The lowest BCUT2D eigenvalue weighted by Crippen LogP contribution is -2.57. The van der Waals surface area contributed by atoms with E-state index in [2.05, 4.69) is 16.0 Å². The molecule has 0 radical (unpaired) electrons. The second-order valence-corrected chi connectivity index (χ2v) is 8.35. The highest BCUT2D eigenvalue weighted by Gasteiger charge is 2.29. The van der Waals surface area contributed by atoms with E-state index in [1.54, 1.807) is 0 Å². The van der Waals surface area contributed by atoms with Crippen LogP contribution in [0.5, 0.6) is 0 Å². The fourth-order valence-corrected chi connectivity index (χ4v) is 3.11. The molecule has 10 N–H and O–H groups in total. The van der Waals surface area contributed by atoms with Gasteiger partial charge in [0.1, 0.15) is 18.1 Å². The minimum Gasteiger partial charge on any atom is -0.480 e. The standard InChI is InChI=1S/C19H36N6O6S/c1-11(19(30)31)23-17(28)14(6-7-15(22)26)25-18(29)13(5-3-4-9-20)24-16(27)12(21)8-10-32-2/h11-14H,3-10,20-21H2,1-2H3,(H2,22,26)(H,23,28)(H,24,27)(H,25,29)(H,30,31). The number of carbonyl (C=O) groups is 5. The van der Waals surface area contributed by atoms with Crippen LogP contribution in [-0.4, -0.2) is 77.4 Å². The average molecular weight is 477 g/mol. The van der Waals surface area contributed by atoms with E-state index in [1.807, 2.05) is 6.26 Å². The predicted molar refractivity (Wildman–Crippen MR) is 121 cm³/mol. The number of carboxylic acids is 1. The summed E-state index contributed by atoms with van der Waals surface area (Å²) in [5, 5.41) is 16.3. The van der Waals surface area contributed by atoms with Crippen LogP contribution in [0.1, 0.15) is 45.4 Å². The number of nitrogens with one attached hydrogen (secondary N) is 3. The van der Waals surface area contributed by atoms with Crippen LogP contribution in [0.25, 0.3) is 0 Å². The Bertz CT molecular complexity index is 650. The van der Waals surface area contributed by atoms with Crippen LogP contribution in [-0.2, 0) is 24.0 Å². The largest absolute Gasteiger partial charge is 0.480 e. The van der Waals surface area contributed by atoms with Gasteiger partial charge in [0.2, 0.25) is 23.6 Å². The summed E-state index contributed by atoms with van der Waals surface area (Å²) in [6.07, 6.45) is 3.42. The predicted octanol–water partition coefficient (Wildman–Crippen LogP) is -1.98. The number of amides is 4. The summed E-state index contributed by atoms with van der Waals surface area (Å²) in [4.78, 5) is 59.9. The zero-order valence-electron chi connectivity index (χ0n) is 18.6. The van der Waals surface area contributed by atoms with Gasteiger partial charge >= 0.3 is 5.97 Å². The van der Waals surface area contributed by atoms with Crippen molar-refractivity contribution in [3.63, 3.8) is 0 Å². The Hall–Kier alpha value is -2.38. The molecule has 0 aliphatic carbocycles. The second kappa shape index (κ2) is 16.3. The van der Waals surface area contributed by atoms with Crippen molar-refractivity contribution >= 4 is 41.4 Å².